The van der Waals surface area contributed by atoms with E-state index in [1.54, 1.807) is 0 Å². The summed E-state index contributed by atoms with van der Waals surface area (Å²) < 4.78 is 26.2. The largest absolute Gasteiger partial charge is 0.484 e. The number of hydrogen-bond donors (Lipinski definition) is 8. The number of nitrogens with two attached hydrogens (primary N) is 4. The van der Waals surface area contributed by atoms with Gasteiger partial charge >= 0.3 is 24.1 Å². The zero-order valence-corrected chi connectivity index (χ0v) is 60.1. The van der Waals surface area contributed by atoms with Crippen LogP contribution < -0.4 is 44.2 Å². The van der Waals surface area contributed by atoms with Crippen molar-refractivity contribution in [1.82, 2.24) is 21.3 Å². The summed E-state index contributed by atoms with van der Waals surface area (Å²) in [7, 11) is 0. The topological polar surface area (TPSA) is 257 Å². The smallest absolute Gasteiger partial charge is 0.312 e. The summed E-state index contributed by atoms with van der Waals surface area (Å²) in [6.07, 6.45) is 52.8. The highest BCUT2D eigenvalue weighted by Crippen LogP contribution is 2.26. The van der Waals surface area contributed by atoms with Crippen molar-refractivity contribution in [3.05, 3.63) is 0 Å². The fourth-order valence-electron chi connectivity index (χ4n) is 11.3. The van der Waals surface area contributed by atoms with Crippen LogP contribution in [0.25, 0.3) is 0 Å². The molecule has 4 unspecified atom stereocenters. The Kier molecular flexibility index (Phi) is 58.6. The fourth-order valence-corrected chi connectivity index (χ4v) is 12.2. The molecule has 0 aromatic rings. The van der Waals surface area contributed by atoms with Crippen LogP contribution in [0.2, 0.25) is 0 Å². The van der Waals surface area contributed by atoms with E-state index in [1.165, 1.54) is 180 Å². The van der Waals surface area contributed by atoms with Crippen molar-refractivity contribution in [2.75, 3.05) is 26.4 Å². The van der Waals surface area contributed by atoms with Gasteiger partial charge in [0.05, 0.1) is 24.2 Å². The predicted molar refractivity (Wildman–Crippen MR) is 387 cm³/mol. The molecule has 8 amide bonds. The number of urea groups is 4. The van der Waals surface area contributed by atoms with Crippen LogP contribution in [0.5, 0.6) is 0 Å². The maximum atomic E-state index is 12.5. The molecule has 0 aliphatic heterocycles. The number of hydrogen-bond acceptors (Lipinski definition) is 12. The standard InChI is InChI=1S/C69H132N8O8S4/c1-5-9-13-17-21-25-29-33-37-41-45-49-57(74-65(70)78)61(86)82-53-69(54-83-62(87)58(75-66(71)79)50-46-42-38-34-30-26-22-18-14-10-6-2,55-84-63(88)59(76-67(72)80)51-47-43-39-35-31-27-23-19-15-11-7-3)56-85-64(89)60(77-68(73)81)52-48-44-40-36-32-28-24-20-16-12-8-4/h57-60H,5-56H2,1-4H3,(H3,70,74,78)(H3,71,75,79)(H3,72,76,80)(H3,73,77,81). The molecule has 0 saturated carbocycles. The summed E-state index contributed by atoms with van der Waals surface area (Å²) in [6, 6.07) is -5.78. The Balaban J connectivity index is 6.93. The van der Waals surface area contributed by atoms with Crippen molar-refractivity contribution in [1.29, 1.82) is 0 Å². The number of amides is 8. The summed E-state index contributed by atoms with van der Waals surface area (Å²) in [4.78, 5) is 50.1. The van der Waals surface area contributed by atoms with Crippen LogP contribution in [0.3, 0.4) is 0 Å². The summed E-state index contributed by atoms with van der Waals surface area (Å²) in [5.74, 6) is 0. The summed E-state index contributed by atoms with van der Waals surface area (Å²) >= 11 is 23.9. The van der Waals surface area contributed by atoms with Crippen LogP contribution in [0, 0.1) is 5.41 Å². The zero-order valence-electron chi connectivity index (χ0n) is 56.8. The molecule has 16 nitrogen and oxygen atoms in total. The van der Waals surface area contributed by atoms with E-state index in [-0.39, 0.29) is 46.6 Å². The van der Waals surface area contributed by atoms with E-state index in [0.717, 1.165) is 103 Å². The molecule has 520 valence electrons. The number of thiocarbonyl (C=S) groups is 4. The molecule has 0 saturated heterocycles. The molecule has 0 rings (SSSR count). The third-order valence-corrected chi connectivity index (χ3v) is 18.5. The lowest BCUT2D eigenvalue weighted by molar-refractivity contribution is -0.0182. The maximum Gasteiger partial charge on any atom is 0.312 e. The Morgan fingerprint density at radius 2 is 0.404 bits per heavy atom. The van der Waals surface area contributed by atoms with Gasteiger partial charge in [-0.15, -0.1) is 0 Å². The normalized spacial score (nSPS) is 13.3. The number of rotatable bonds is 64. The number of unbranched alkanes of at least 4 members (excludes halogenated alkanes) is 40. The molecule has 0 aliphatic rings. The number of nitrogens with one attached hydrogen (secondary N) is 4. The highest BCUT2D eigenvalue weighted by molar-refractivity contribution is 7.80. The first-order valence-electron chi connectivity index (χ1n) is 35.9. The first-order chi connectivity index (χ1) is 43.0. The number of ether oxygens (including phenoxy) is 4. The summed E-state index contributed by atoms with van der Waals surface area (Å²) in [5.41, 5.74) is 21.7. The molecule has 0 aromatic carbocycles. The van der Waals surface area contributed by atoms with Crippen LogP contribution in [-0.4, -0.2) is 94.9 Å². The third kappa shape index (κ3) is 52.8. The van der Waals surface area contributed by atoms with Crippen molar-refractivity contribution in [3.8, 4) is 0 Å². The van der Waals surface area contributed by atoms with Gasteiger partial charge in [0, 0.05) is 0 Å². The second-order valence-corrected chi connectivity index (χ2v) is 27.1. The number of primary amides is 4. The van der Waals surface area contributed by atoms with Crippen molar-refractivity contribution in [2.45, 2.75) is 360 Å². The van der Waals surface area contributed by atoms with Crippen LogP contribution in [0.4, 0.5) is 19.2 Å². The van der Waals surface area contributed by atoms with Crippen molar-refractivity contribution < 1.29 is 38.1 Å². The molecule has 89 heavy (non-hydrogen) atoms. The van der Waals surface area contributed by atoms with Gasteiger partial charge < -0.3 is 63.1 Å². The number of carbonyl (C=O) groups excluding carboxylic acids is 4. The van der Waals surface area contributed by atoms with E-state index in [1.807, 2.05) is 0 Å². The molecular weight excluding hydrogens is 1200 g/mol. The summed E-state index contributed by atoms with van der Waals surface area (Å²) in [6.45, 7) is 8.05. The highest BCUT2D eigenvalue weighted by atomic mass is 32.1. The highest BCUT2D eigenvalue weighted by Gasteiger charge is 2.39. The first kappa shape index (κ1) is 85.6. The summed E-state index contributed by atoms with van der Waals surface area (Å²) in [5, 5.41) is 11.6. The molecule has 12 N–H and O–H groups in total. The van der Waals surface area contributed by atoms with E-state index in [2.05, 4.69) is 49.0 Å². The van der Waals surface area contributed by atoms with E-state index >= 15 is 0 Å². The van der Waals surface area contributed by atoms with E-state index in [0.29, 0.717) is 25.7 Å². The minimum Gasteiger partial charge on any atom is -0.484 e. The van der Waals surface area contributed by atoms with Gasteiger partial charge in [-0.1, -0.05) is 310 Å². The molecular formula is C69H132N8O8S4. The van der Waals surface area contributed by atoms with E-state index in [9.17, 15) is 19.2 Å². The molecule has 0 bridgehead atoms. The van der Waals surface area contributed by atoms with Crippen LogP contribution in [-0.2, 0) is 18.9 Å². The van der Waals surface area contributed by atoms with Gasteiger partial charge in [-0.05, 0) is 74.6 Å². The lowest BCUT2D eigenvalue weighted by Gasteiger charge is -2.35. The van der Waals surface area contributed by atoms with Gasteiger partial charge in [-0.2, -0.15) is 0 Å². The van der Waals surface area contributed by atoms with Gasteiger partial charge in [0.25, 0.3) is 0 Å². The molecule has 0 aromatic heterocycles. The van der Waals surface area contributed by atoms with Crippen molar-refractivity contribution in [3.63, 3.8) is 0 Å². The molecule has 0 aliphatic carbocycles. The Bertz CT molecular complexity index is 1570. The van der Waals surface area contributed by atoms with Crippen molar-refractivity contribution in [2.24, 2.45) is 28.3 Å². The molecule has 0 spiro atoms. The van der Waals surface area contributed by atoms with Crippen LogP contribution in [0.1, 0.15) is 336 Å². The van der Waals surface area contributed by atoms with E-state index in [4.69, 9.17) is 90.8 Å². The Morgan fingerprint density at radius 3 is 0.539 bits per heavy atom. The van der Waals surface area contributed by atoms with Crippen LogP contribution >= 0.6 is 48.9 Å². The van der Waals surface area contributed by atoms with Gasteiger partial charge in [0.15, 0.2) is 20.2 Å². The minimum atomic E-state index is -1.34. The fraction of sp³-hybridized carbons (Fsp3) is 0.884. The lowest BCUT2D eigenvalue weighted by Crippen LogP contribution is -2.50. The monoisotopic (exact) mass is 1330 g/mol. The Hall–Kier alpha value is -3.36. The average Bonchev–Trinajstić information content (AvgIpc) is 2.75. The first-order valence-corrected chi connectivity index (χ1v) is 37.6. The third-order valence-electron chi connectivity index (χ3n) is 16.9. The zero-order chi connectivity index (χ0) is 65.9. The van der Waals surface area contributed by atoms with Gasteiger partial charge in [-0.25, -0.2) is 19.2 Å². The minimum absolute atomic E-state index is 0.0901. The number of carbonyl (C=O) groups is 4. The molecule has 0 radical (unpaired) electrons. The van der Waals surface area contributed by atoms with Crippen LogP contribution in [0.15, 0.2) is 0 Å². The average molecular weight is 1330 g/mol. The van der Waals surface area contributed by atoms with Gasteiger partial charge in [0.2, 0.25) is 0 Å². The van der Waals surface area contributed by atoms with Crippen molar-refractivity contribution >= 4 is 93.2 Å². The Morgan fingerprint density at radius 1 is 0.270 bits per heavy atom. The predicted octanol–water partition coefficient (Wildman–Crippen LogP) is 18.3. The SMILES string of the molecule is CCCCCCCCCCCCCC(NC(N)=O)C(=S)OCC(COC(=S)C(CCCCCCCCCCCCC)NC(N)=O)(COC(=S)C(CCCCCCCCCCCCC)NC(N)=O)COC(=S)C(CCCCCCCCCCCCC)NC(N)=O. The molecule has 20 heteroatoms. The molecule has 0 heterocycles. The quantitative estimate of drug-likeness (QED) is 0.0209. The molecule has 0 fully saturated rings. The Labute approximate surface area is 564 Å². The second-order valence-electron chi connectivity index (χ2n) is 25.5. The maximum absolute atomic E-state index is 12.5. The van der Waals surface area contributed by atoms with Gasteiger partial charge in [0.1, 0.15) is 31.8 Å². The molecule has 4 atom stereocenters. The second kappa shape index (κ2) is 60.9. The van der Waals surface area contributed by atoms with Gasteiger partial charge in [-0.3, -0.25) is 0 Å². The lowest BCUT2D eigenvalue weighted by atomic mass is 9.91. The van der Waals surface area contributed by atoms with E-state index < -0.39 is 53.7 Å².